The van der Waals surface area contributed by atoms with E-state index in [1.807, 2.05) is 0 Å². The monoisotopic (exact) mass is 397 g/mol. The number of amides is 1. The Morgan fingerprint density at radius 3 is 2.46 bits per heavy atom. The first-order chi connectivity index (χ1) is 12.5. The summed E-state index contributed by atoms with van der Waals surface area (Å²) in [4.78, 5) is 23.7. The molecule has 0 atom stereocenters. The molecule has 0 aliphatic carbocycles. The number of hydrogen-bond donors (Lipinski definition) is 1. The maximum Gasteiger partial charge on any atom is 0.344 e. The summed E-state index contributed by atoms with van der Waals surface area (Å²) in [7, 11) is 1.52. The predicted octanol–water partition coefficient (Wildman–Crippen LogP) is 3.81. The van der Waals surface area contributed by atoms with Crippen LogP contribution in [0, 0.1) is 0 Å². The van der Waals surface area contributed by atoms with Crippen LogP contribution < -0.4 is 10.1 Å². The van der Waals surface area contributed by atoms with Gasteiger partial charge in [0.2, 0.25) is 0 Å². The molecule has 0 saturated carbocycles. The lowest BCUT2D eigenvalue weighted by Crippen LogP contribution is -2.17. The van der Waals surface area contributed by atoms with E-state index in [0.717, 1.165) is 0 Å². The molecule has 0 unspecified atom stereocenters. The molecule has 0 aromatic heterocycles. The highest BCUT2D eigenvalue weighted by atomic mass is 35.5. The molecule has 0 saturated heterocycles. The van der Waals surface area contributed by atoms with Gasteiger partial charge >= 0.3 is 5.97 Å². The lowest BCUT2D eigenvalue weighted by atomic mass is 10.2. The van der Waals surface area contributed by atoms with Crippen LogP contribution in [0.4, 0.5) is 5.69 Å². The molecule has 2 aromatic carbocycles. The van der Waals surface area contributed by atoms with Crippen molar-refractivity contribution in [1.82, 2.24) is 0 Å². The highest BCUT2D eigenvalue weighted by Gasteiger charge is 2.10. The molecular formula is C18H17Cl2NO5. The zero-order valence-corrected chi connectivity index (χ0v) is 15.5. The number of ether oxygens (including phenoxy) is 3. The van der Waals surface area contributed by atoms with Gasteiger partial charge in [0.05, 0.1) is 17.3 Å². The van der Waals surface area contributed by atoms with Crippen molar-refractivity contribution in [3.05, 3.63) is 58.1 Å². The third-order valence-electron chi connectivity index (χ3n) is 3.20. The molecule has 6 nitrogen and oxygen atoms in total. The lowest BCUT2D eigenvalue weighted by molar-refractivity contribution is -0.147. The number of nitrogens with one attached hydrogen (secondary N) is 1. The SMILES string of the molecule is COCCOC(=O)COc1ccc(C(=O)Nc2cc(Cl)ccc2Cl)cc1. The van der Waals surface area contributed by atoms with Gasteiger partial charge in [-0.05, 0) is 42.5 Å². The minimum absolute atomic E-state index is 0.171. The van der Waals surface area contributed by atoms with Gasteiger partial charge in [0.25, 0.3) is 5.91 Å². The zero-order chi connectivity index (χ0) is 18.9. The van der Waals surface area contributed by atoms with E-state index in [9.17, 15) is 9.59 Å². The van der Waals surface area contributed by atoms with Crippen molar-refractivity contribution in [2.24, 2.45) is 0 Å². The first-order valence-electron chi connectivity index (χ1n) is 7.63. The Hall–Kier alpha value is -2.28. The molecule has 2 aromatic rings. The molecule has 2 rings (SSSR count). The summed E-state index contributed by atoms with van der Waals surface area (Å²) in [5.74, 6) is -0.412. The minimum Gasteiger partial charge on any atom is -0.482 e. The maximum atomic E-state index is 12.3. The topological polar surface area (TPSA) is 73.9 Å². The minimum atomic E-state index is -0.500. The highest BCUT2D eigenvalue weighted by Crippen LogP contribution is 2.26. The fraction of sp³-hybridized carbons (Fsp3) is 0.222. The molecule has 0 radical (unpaired) electrons. The summed E-state index contributed by atoms with van der Waals surface area (Å²) in [6, 6.07) is 11.1. The van der Waals surface area contributed by atoms with E-state index in [0.29, 0.717) is 33.7 Å². The first-order valence-corrected chi connectivity index (χ1v) is 8.39. The molecule has 0 aliphatic heterocycles. The van der Waals surface area contributed by atoms with Crippen LogP contribution in [0.1, 0.15) is 10.4 Å². The van der Waals surface area contributed by atoms with Gasteiger partial charge in [-0.2, -0.15) is 0 Å². The largest absolute Gasteiger partial charge is 0.482 e. The quantitative estimate of drug-likeness (QED) is 0.541. The molecule has 138 valence electrons. The number of hydrogen-bond acceptors (Lipinski definition) is 5. The summed E-state index contributed by atoms with van der Waals surface area (Å²) < 4.78 is 15.0. The molecule has 1 amide bonds. The zero-order valence-electron chi connectivity index (χ0n) is 14.0. The van der Waals surface area contributed by atoms with Gasteiger partial charge in [-0.25, -0.2) is 4.79 Å². The Balaban J connectivity index is 1.89. The van der Waals surface area contributed by atoms with Crippen LogP contribution >= 0.6 is 23.2 Å². The van der Waals surface area contributed by atoms with Gasteiger partial charge in [-0.3, -0.25) is 4.79 Å². The van der Waals surface area contributed by atoms with Gasteiger partial charge in [-0.15, -0.1) is 0 Å². The Morgan fingerprint density at radius 2 is 1.77 bits per heavy atom. The number of halogens is 2. The van der Waals surface area contributed by atoms with Gasteiger partial charge in [0.15, 0.2) is 6.61 Å². The van der Waals surface area contributed by atoms with Crippen molar-refractivity contribution in [2.75, 3.05) is 32.2 Å². The third-order valence-corrected chi connectivity index (χ3v) is 3.76. The first kappa shape index (κ1) is 20.0. The van der Waals surface area contributed by atoms with Gasteiger partial charge in [0, 0.05) is 17.7 Å². The van der Waals surface area contributed by atoms with Crippen LogP contribution in [0.25, 0.3) is 0 Å². The summed E-state index contributed by atoms with van der Waals surface area (Å²) >= 11 is 11.9. The van der Waals surface area contributed by atoms with Crippen LogP contribution in [0.2, 0.25) is 10.0 Å². The smallest absolute Gasteiger partial charge is 0.344 e. The fourth-order valence-corrected chi connectivity index (χ4v) is 2.25. The summed E-state index contributed by atoms with van der Waals surface area (Å²) in [5, 5.41) is 3.53. The van der Waals surface area contributed by atoms with Gasteiger partial charge in [-0.1, -0.05) is 23.2 Å². The van der Waals surface area contributed by atoms with Gasteiger partial charge < -0.3 is 19.5 Å². The maximum absolute atomic E-state index is 12.3. The molecule has 0 heterocycles. The number of carbonyl (C=O) groups excluding carboxylic acids is 2. The molecule has 8 heteroatoms. The van der Waals surface area contributed by atoms with Crippen LogP contribution in [-0.4, -0.2) is 38.8 Å². The van der Waals surface area contributed by atoms with E-state index < -0.39 is 5.97 Å². The van der Waals surface area contributed by atoms with Crippen molar-refractivity contribution < 1.29 is 23.8 Å². The lowest BCUT2D eigenvalue weighted by Gasteiger charge is -2.09. The third kappa shape index (κ3) is 6.22. The van der Waals surface area contributed by atoms with E-state index in [4.69, 9.17) is 37.4 Å². The molecule has 0 aliphatic rings. The number of methoxy groups -OCH3 is 1. The highest BCUT2D eigenvalue weighted by molar-refractivity contribution is 6.35. The van der Waals surface area contributed by atoms with Gasteiger partial charge in [0.1, 0.15) is 12.4 Å². The summed E-state index contributed by atoms with van der Waals surface area (Å²) in [6.07, 6.45) is 0. The average molecular weight is 398 g/mol. The molecule has 0 spiro atoms. The number of rotatable bonds is 8. The van der Waals surface area contributed by atoms with E-state index in [2.05, 4.69) is 5.32 Å². The predicted molar refractivity (Wildman–Crippen MR) is 99.2 cm³/mol. The molecule has 1 N–H and O–H groups in total. The van der Waals surface area contributed by atoms with Crippen molar-refractivity contribution in [1.29, 1.82) is 0 Å². The van der Waals surface area contributed by atoms with Crippen LogP contribution in [-0.2, 0) is 14.3 Å². The van der Waals surface area contributed by atoms with E-state index in [-0.39, 0.29) is 19.1 Å². The second-order valence-electron chi connectivity index (χ2n) is 5.10. The average Bonchev–Trinajstić information content (AvgIpc) is 2.63. The normalized spacial score (nSPS) is 10.3. The Morgan fingerprint density at radius 1 is 1.04 bits per heavy atom. The Bertz CT molecular complexity index is 765. The van der Waals surface area contributed by atoms with Crippen LogP contribution in [0.15, 0.2) is 42.5 Å². The van der Waals surface area contributed by atoms with E-state index in [1.165, 1.54) is 7.11 Å². The molecule has 26 heavy (non-hydrogen) atoms. The number of anilines is 1. The van der Waals surface area contributed by atoms with Crippen molar-refractivity contribution in [3.8, 4) is 5.75 Å². The fourth-order valence-electron chi connectivity index (χ4n) is 1.91. The van der Waals surface area contributed by atoms with Crippen LogP contribution in [0.3, 0.4) is 0 Å². The summed E-state index contributed by atoms with van der Waals surface area (Å²) in [6.45, 7) is 0.267. The second kappa shape index (κ2) is 10.0. The molecular weight excluding hydrogens is 381 g/mol. The standard InChI is InChI=1S/C18H17Cl2NO5/c1-24-8-9-25-17(22)11-26-14-5-2-12(3-6-14)18(23)21-16-10-13(19)4-7-15(16)20/h2-7,10H,8-9,11H2,1H3,(H,21,23). The number of benzene rings is 2. The summed E-state index contributed by atoms with van der Waals surface area (Å²) in [5.41, 5.74) is 0.819. The Labute approximate surface area is 160 Å². The number of carbonyl (C=O) groups is 2. The Kier molecular flexibility index (Phi) is 7.72. The van der Waals surface area contributed by atoms with E-state index >= 15 is 0 Å². The van der Waals surface area contributed by atoms with E-state index in [1.54, 1.807) is 42.5 Å². The van der Waals surface area contributed by atoms with Crippen molar-refractivity contribution >= 4 is 40.8 Å². The molecule has 0 bridgehead atoms. The number of esters is 1. The van der Waals surface area contributed by atoms with Crippen LogP contribution in [0.5, 0.6) is 5.75 Å². The molecule has 0 fully saturated rings. The van der Waals surface area contributed by atoms with Crippen molar-refractivity contribution in [2.45, 2.75) is 0 Å². The van der Waals surface area contributed by atoms with Crippen molar-refractivity contribution in [3.63, 3.8) is 0 Å². The second-order valence-corrected chi connectivity index (χ2v) is 5.95.